The fourth-order valence-electron chi connectivity index (χ4n) is 2.06. The zero-order valence-corrected chi connectivity index (χ0v) is 11.0. The fourth-order valence-corrected chi connectivity index (χ4v) is 2.06. The molecule has 0 bridgehead atoms. The molecule has 0 amide bonds. The minimum atomic E-state index is 0.807. The van der Waals surface area contributed by atoms with Crippen LogP contribution < -0.4 is 10.1 Å². The predicted molar refractivity (Wildman–Crippen MR) is 73.7 cm³/mol. The van der Waals surface area contributed by atoms with Gasteiger partial charge in [0.15, 0.2) is 0 Å². The number of rotatable bonds is 4. The third kappa shape index (κ3) is 2.51. The maximum Gasteiger partial charge on any atom is 0.145 e. The number of methoxy groups -OCH3 is 1. The molecule has 0 spiro atoms. The van der Waals surface area contributed by atoms with Crippen LogP contribution >= 0.6 is 0 Å². The van der Waals surface area contributed by atoms with Gasteiger partial charge in [-0.05, 0) is 37.2 Å². The second-order valence-electron chi connectivity index (χ2n) is 4.23. The van der Waals surface area contributed by atoms with Crippen molar-refractivity contribution in [3.05, 3.63) is 47.7 Å². The average Bonchev–Trinajstić information content (AvgIpc) is 2.39. The highest BCUT2D eigenvalue weighted by Crippen LogP contribution is 2.30. The Morgan fingerprint density at radius 3 is 2.78 bits per heavy atom. The van der Waals surface area contributed by atoms with Crippen LogP contribution in [0.3, 0.4) is 0 Å². The number of hydrogen-bond acceptors (Lipinski definition) is 3. The molecular weight excluding hydrogens is 224 g/mol. The lowest BCUT2D eigenvalue weighted by atomic mass is 10.0. The molecule has 0 radical (unpaired) electrons. The number of hydrogen-bond donors (Lipinski definition) is 1. The van der Waals surface area contributed by atoms with Crippen molar-refractivity contribution < 1.29 is 4.74 Å². The van der Waals surface area contributed by atoms with Gasteiger partial charge in [-0.15, -0.1) is 0 Å². The molecule has 1 aromatic heterocycles. The SMILES string of the molecule is CNCc1ccc(-c2ncccc2OC)c(C)c1. The van der Waals surface area contributed by atoms with Crippen molar-refractivity contribution in [3.8, 4) is 17.0 Å². The second-order valence-corrected chi connectivity index (χ2v) is 4.23. The zero-order valence-electron chi connectivity index (χ0n) is 11.0. The Labute approximate surface area is 108 Å². The van der Waals surface area contributed by atoms with Gasteiger partial charge < -0.3 is 10.1 Å². The quantitative estimate of drug-likeness (QED) is 0.895. The molecule has 1 heterocycles. The highest BCUT2D eigenvalue weighted by molar-refractivity contribution is 5.69. The van der Waals surface area contributed by atoms with Crippen LogP contribution in [-0.2, 0) is 6.54 Å². The molecule has 0 saturated carbocycles. The number of benzene rings is 1. The van der Waals surface area contributed by atoms with Crippen molar-refractivity contribution in [1.82, 2.24) is 10.3 Å². The summed E-state index contributed by atoms with van der Waals surface area (Å²) in [6, 6.07) is 10.2. The molecule has 0 saturated heterocycles. The molecule has 0 aliphatic rings. The van der Waals surface area contributed by atoms with E-state index >= 15 is 0 Å². The molecule has 0 aliphatic heterocycles. The van der Waals surface area contributed by atoms with E-state index < -0.39 is 0 Å². The minimum Gasteiger partial charge on any atom is -0.494 e. The van der Waals surface area contributed by atoms with E-state index in [1.54, 1.807) is 13.3 Å². The number of aryl methyl sites for hydroxylation is 1. The summed E-state index contributed by atoms with van der Waals surface area (Å²) in [4.78, 5) is 4.42. The first-order valence-corrected chi connectivity index (χ1v) is 5.99. The number of nitrogens with zero attached hydrogens (tertiary/aromatic N) is 1. The molecule has 94 valence electrons. The van der Waals surface area contributed by atoms with Gasteiger partial charge in [-0.2, -0.15) is 0 Å². The van der Waals surface area contributed by atoms with Gasteiger partial charge in [-0.1, -0.05) is 18.2 Å². The molecule has 0 atom stereocenters. The van der Waals surface area contributed by atoms with Crippen molar-refractivity contribution >= 4 is 0 Å². The summed E-state index contributed by atoms with van der Waals surface area (Å²) in [5, 5.41) is 3.15. The van der Waals surface area contributed by atoms with Gasteiger partial charge in [0.25, 0.3) is 0 Å². The smallest absolute Gasteiger partial charge is 0.145 e. The number of aromatic nitrogens is 1. The first kappa shape index (κ1) is 12.6. The minimum absolute atomic E-state index is 0.807. The molecule has 1 aromatic carbocycles. The van der Waals surface area contributed by atoms with E-state index in [0.29, 0.717) is 0 Å². The summed E-state index contributed by atoms with van der Waals surface area (Å²) in [7, 11) is 3.62. The van der Waals surface area contributed by atoms with Gasteiger partial charge in [-0.25, -0.2) is 0 Å². The molecule has 2 aromatic rings. The Balaban J connectivity index is 2.44. The lowest BCUT2D eigenvalue weighted by Gasteiger charge is -2.11. The summed E-state index contributed by atoms with van der Waals surface area (Å²) in [6.07, 6.45) is 1.79. The maximum absolute atomic E-state index is 5.36. The summed E-state index contributed by atoms with van der Waals surface area (Å²) < 4.78 is 5.36. The van der Waals surface area contributed by atoms with E-state index in [1.165, 1.54) is 11.1 Å². The summed E-state index contributed by atoms with van der Waals surface area (Å²) >= 11 is 0. The van der Waals surface area contributed by atoms with Crippen molar-refractivity contribution in [2.75, 3.05) is 14.2 Å². The molecule has 18 heavy (non-hydrogen) atoms. The summed E-state index contributed by atoms with van der Waals surface area (Å²) in [6.45, 7) is 2.98. The highest BCUT2D eigenvalue weighted by Gasteiger charge is 2.09. The normalized spacial score (nSPS) is 10.4. The first-order valence-electron chi connectivity index (χ1n) is 5.99. The van der Waals surface area contributed by atoms with E-state index in [0.717, 1.165) is 23.6 Å². The standard InChI is InChI=1S/C15H18N2O/c1-11-9-12(10-16-2)6-7-13(11)15-14(18-3)5-4-8-17-15/h4-9,16H,10H2,1-3H3. The topological polar surface area (TPSA) is 34.2 Å². The lowest BCUT2D eigenvalue weighted by Crippen LogP contribution is -2.05. The van der Waals surface area contributed by atoms with Gasteiger partial charge in [0.1, 0.15) is 11.4 Å². The maximum atomic E-state index is 5.36. The van der Waals surface area contributed by atoms with Gasteiger partial charge in [-0.3, -0.25) is 4.98 Å². The average molecular weight is 242 g/mol. The monoisotopic (exact) mass is 242 g/mol. The zero-order chi connectivity index (χ0) is 13.0. The largest absolute Gasteiger partial charge is 0.494 e. The number of nitrogens with one attached hydrogen (secondary N) is 1. The molecule has 0 fully saturated rings. The number of pyridine rings is 1. The second kappa shape index (κ2) is 5.65. The first-order chi connectivity index (χ1) is 8.76. The van der Waals surface area contributed by atoms with E-state index in [-0.39, 0.29) is 0 Å². The van der Waals surface area contributed by atoms with Crippen molar-refractivity contribution in [3.63, 3.8) is 0 Å². The van der Waals surface area contributed by atoms with Gasteiger partial charge >= 0.3 is 0 Å². The van der Waals surface area contributed by atoms with Gasteiger partial charge in [0.2, 0.25) is 0 Å². The van der Waals surface area contributed by atoms with Gasteiger partial charge in [0.05, 0.1) is 7.11 Å². The Bertz CT molecular complexity index is 538. The van der Waals surface area contributed by atoms with Crippen LogP contribution in [0.1, 0.15) is 11.1 Å². The Kier molecular flexibility index (Phi) is 3.95. The molecule has 1 N–H and O–H groups in total. The Hall–Kier alpha value is -1.87. The lowest BCUT2D eigenvalue weighted by molar-refractivity contribution is 0.415. The van der Waals surface area contributed by atoms with E-state index in [1.807, 2.05) is 19.2 Å². The molecule has 0 unspecified atom stereocenters. The van der Waals surface area contributed by atoms with Crippen molar-refractivity contribution in [2.45, 2.75) is 13.5 Å². The summed E-state index contributed by atoms with van der Waals surface area (Å²) in [5.74, 6) is 0.807. The fraction of sp³-hybridized carbons (Fsp3) is 0.267. The third-order valence-corrected chi connectivity index (χ3v) is 2.92. The van der Waals surface area contributed by atoms with Crippen LogP contribution in [0.5, 0.6) is 5.75 Å². The molecule has 0 aliphatic carbocycles. The Morgan fingerprint density at radius 1 is 1.28 bits per heavy atom. The molecule has 2 rings (SSSR count). The van der Waals surface area contributed by atoms with Crippen LogP contribution in [0, 0.1) is 6.92 Å². The number of ether oxygens (including phenoxy) is 1. The molecular formula is C15H18N2O. The summed E-state index contributed by atoms with van der Waals surface area (Å²) in [5.41, 5.74) is 4.49. The highest BCUT2D eigenvalue weighted by atomic mass is 16.5. The third-order valence-electron chi connectivity index (χ3n) is 2.92. The van der Waals surface area contributed by atoms with E-state index in [9.17, 15) is 0 Å². The Morgan fingerprint density at radius 2 is 2.11 bits per heavy atom. The van der Waals surface area contributed by atoms with E-state index in [2.05, 4.69) is 35.4 Å². The van der Waals surface area contributed by atoms with Crippen LogP contribution in [-0.4, -0.2) is 19.1 Å². The van der Waals surface area contributed by atoms with Crippen LogP contribution in [0.15, 0.2) is 36.5 Å². The van der Waals surface area contributed by atoms with Gasteiger partial charge in [0, 0.05) is 18.3 Å². The van der Waals surface area contributed by atoms with Crippen LogP contribution in [0.2, 0.25) is 0 Å². The van der Waals surface area contributed by atoms with E-state index in [4.69, 9.17) is 4.74 Å². The van der Waals surface area contributed by atoms with Crippen LogP contribution in [0.25, 0.3) is 11.3 Å². The van der Waals surface area contributed by atoms with Crippen molar-refractivity contribution in [2.24, 2.45) is 0 Å². The van der Waals surface area contributed by atoms with Crippen molar-refractivity contribution in [1.29, 1.82) is 0 Å². The molecule has 3 heteroatoms. The van der Waals surface area contributed by atoms with Crippen LogP contribution in [0.4, 0.5) is 0 Å². The molecule has 3 nitrogen and oxygen atoms in total. The predicted octanol–water partition coefficient (Wildman–Crippen LogP) is 2.79.